The van der Waals surface area contributed by atoms with Crippen molar-refractivity contribution in [1.82, 2.24) is 19.9 Å². The number of benzene rings is 2. The first-order valence-corrected chi connectivity index (χ1v) is 9.17. The number of oxazole rings is 1. The number of nitrogens with zero attached hydrogens (tertiary/aromatic N) is 4. The average molecular weight is 384 g/mol. The van der Waals surface area contributed by atoms with Crippen LogP contribution in [-0.4, -0.2) is 19.9 Å². The zero-order valence-electron chi connectivity index (χ0n) is 13.5. The third kappa shape index (κ3) is 3.31. The molecular formula is C18H14ClN5OS. The zero-order valence-corrected chi connectivity index (χ0v) is 15.1. The number of thioether (sulfide) groups is 1. The fraction of sp³-hybridized carbons (Fsp3) is 0.0556. The smallest absolute Gasteiger partial charge is 0.210 e. The normalized spacial score (nSPS) is 11.0. The molecule has 6 nitrogen and oxygen atoms in total. The first-order chi connectivity index (χ1) is 12.7. The fourth-order valence-electron chi connectivity index (χ4n) is 2.44. The third-order valence-corrected chi connectivity index (χ3v) is 4.97. The molecule has 2 aromatic carbocycles. The number of nitrogen functional groups attached to an aromatic ring is 1. The standard InChI is InChI=1S/C18H14ClN5OS/c19-14-9-5-4-8-13(14)17-22-23-18(24(17)20)26-11-16-21-10-15(25-16)12-6-2-1-3-7-12/h1-10H,11,20H2. The monoisotopic (exact) mass is 383 g/mol. The van der Waals surface area contributed by atoms with Gasteiger partial charge in [-0.1, -0.05) is 65.8 Å². The van der Waals surface area contributed by atoms with Gasteiger partial charge < -0.3 is 10.3 Å². The molecule has 0 aliphatic heterocycles. The van der Waals surface area contributed by atoms with Gasteiger partial charge in [0.2, 0.25) is 11.0 Å². The van der Waals surface area contributed by atoms with Crippen LogP contribution in [0.25, 0.3) is 22.7 Å². The largest absolute Gasteiger partial charge is 0.440 e. The summed E-state index contributed by atoms with van der Waals surface area (Å²) in [5, 5.41) is 9.41. The Kier molecular flexibility index (Phi) is 4.64. The molecule has 0 fully saturated rings. The van der Waals surface area contributed by atoms with Crippen LogP contribution >= 0.6 is 23.4 Å². The third-order valence-electron chi connectivity index (χ3n) is 3.72. The molecule has 0 aliphatic carbocycles. The Morgan fingerprint density at radius 1 is 1.04 bits per heavy atom. The average Bonchev–Trinajstić information content (AvgIpc) is 3.28. The van der Waals surface area contributed by atoms with E-state index in [4.69, 9.17) is 21.9 Å². The molecular weight excluding hydrogens is 370 g/mol. The van der Waals surface area contributed by atoms with E-state index >= 15 is 0 Å². The Bertz CT molecular complexity index is 1030. The summed E-state index contributed by atoms with van der Waals surface area (Å²) < 4.78 is 7.21. The molecule has 130 valence electrons. The molecule has 0 aliphatic rings. The minimum atomic E-state index is 0.491. The number of hydrogen-bond donors (Lipinski definition) is 1. The Hall–Kier alpha value is -2.77. The lowest BCUT2D eigenvalue weighted by Crippen LogP contribution is -2.11. The molecule has 0 saturated heterocycles. The van der Waals surface area contributed by atoms with E-state index in [0.29, 0.717) is 27.6 Å². The van der Waals surface area contributed by atoms with E-state index in [1.54, 1.807) is 12.3 Å². The van der Waals surface area contributed by atoms with Crippen molar-refractivity contribution in [2.24, 2.45) is 0 Å². The molecule has 0 spiro atoms. The van der Waals surface area contributed by atoms with Gasteiger partial charge in [0.15, 0.2) is 11.6 Å². The number of aromatic nitrogens is 4. The summed E-state index contributed by atoms with van der Waals surface area (Å²) in [4.78, 5) is 4.31. The van der Waals surface area contributed by atoms with Crippen molar-refractivity contribution in [1.29, 1.82) is 0 Å². The van der Waals surface area contributed by atoms with Crippen molar-refractivity contribution in [3.05, 3.63) is 71.7 Å². The van der Waals surface area contributed by atoms with Crippen LogP contribution in [0.2, 0.25) is 5.02 Å². The lowest BCUT2D eigenvalue weighted by atomic mass is 10.2. The van der Waals surface area contributed by atoms with Gasteiger partial charge in [-0.25, -0.2) is 9.66 Å². The molecule has 2 heterocycles. The summed E-state index contributed by atoms with van der Waals surface area (Å²) in [6.07, 6.45) is 1.72. The van der Waals surface area contributed by atoms with Crippen LogP contribution in [0.3, 0.4) is 0 Å². The lowest BCUT2D eigenvalue weighted by molar-refractivity contribution is 0.529. The van der Waals surface area contributed by atoms with Crippen molar-refractivity contribution in [2.75, 3.05) is 5.84 Å². The molecule has 0 atom stereocenters. The first-order valence-electron chi connectivity index (χ1n) is 7.80. The van der Waals surface area contributed by atoms with Crippen LogP contribution in [0.5, 0.6) is 0 Å². The van der Waals surface area contributed by atoms with Crippen LogP contribution < -0.4 is 5.84 Å². The highest BCUT2D eigenvalue weighted by Crippen LogP contribution is 2.29. The van der Waals surface area contributed by atoms with E-state index in [1.807, 2.05) is 48.5 Å². The van der Waals surface area contributed by atoms with Gasteiger partial charge >= 0.3 is 0 Å². The Balaban J connectivity index is 1.50. The molecule has 8 heteroatoms. The van der Waals surface area contributed by atoms with Crippen molar-refractivity contribution < 1.29 is 4.42 Å². The van der Waals surface area contributed by atoms with Gasteiger partial charge in [-0.3, -0.25) is 0 Å². The van der Waals surface area contributed by atoms with E-state index in [0.717, 1.165) is 16.9 Å². The number of halogens is 1. The van der Waals surface area contributed by atoms with Crippen molar-refractivity contribution in [2.45, 2.75) is 10.9 Å². The highest BCUT2D eigenvalue weighted by atomic mass is 35.5. The highest BCUT2D eigenvalue weighted by molar-refractivity contribution is 7.98. The van der Waals surface area contributed by atoms with E-state index in [1.165, 1.54) is 16.4 Å². The lowest BCUT2D eigenvalue weighted by Gasteiger charge is -2.04. The van der Waals surface area contributed by atoms with Gasteiger partial charge in [-0.05, 0) is 12.1 Å². The molecule has 0 bridgehead atoms. The van der Waals surface area contributed by atoms with Crippen molar-refractivity contribution >= 4 is 23.4 Å². The Morgan fingerprint density at radius 3 is 2.62 bits per heavy atom. The summed E-state index contributed by atoms with van der Waals surface area (Å²) >= 11 is 7.60. The second-order valence-electron chi connectivity index (χ2n) is 5.43. The summed E-state index contributed by atoms with van der Waals surface area (Å²) in [6.45, 7) is 0. The van der Waals surface area contributed by atoms with Crippen LogP contribution in [0, 0.1) is 0 Å². The number of nitrogens with two attached hydrogens (primary N) is 1. The number of rotatable bonds is 5. The van der Waals surface area contributed by atoms with E-state index in [9.17, 15) is 0 Å². The van der Waals surface area contributed by atoms with Crippen LogP contribution in [-0.2, 0) is 5.75 Å². The number of hydrogen-bond acceptors (Lipinski definition) is 6. The molecule has 4 rings (SSSR count). The molecule has 0 unspecified atom stereocenters. The van der Waals surface area contributed by atoms with Crippen molar-refractivity contribution in [3.63, 3.8) is 0 Å². The van der Waals surface area contributed by atoms with Gasteiger partial charge in [-0.2, -0.15) is 0 Å². The van der Waals surface area contributed by atoms with Gasteiger partial charge in [0.25, 0.3) is 0 Å². The molecule has 26 heavy (non-hydrogen) atoms. The van der Waals surface area contributed by atoms with E-state index < -0.39 is 0 Å². The molecule has 0 saturated carbocycles. The van der Waals surface area contributed by atoms with E-state index in [2.05, 4.69) is 15.2 Å². The first kappa shape index (κ1) is 16.7. The van der Waals surface area contributed by atoms with E-state index in [-0.39, 0.29) is 0 Å². The summed E-state index contributed by atoms with van der Waals surface area (Å²) in [5.41, 5.74) is 1.72. The van der Waals surface area contributed by atoms with Crippen LogP contribution in [0.15, 0.2) is 70.4 Å². The Labute approximate surface area is 159 Å². The maximum Gasteiger partial charge on any atom is 0.210 e. The van der Waals surface area contributed by atoms with Gasteiger partial charge in [-0.15, -0.1) is 10.2 Å². The summed E-state index contributed by atoms with van der Waals surface area (Å²) in [5.74, 6) is 8.45. The minimum Gasteiger partial charge on any atom is -0.440 e. The minimum absolute atomic E-state index is 0.491. The quantitative estimate of drug-likeness (QED) is 0.409. The fourth-order valence-corrected chi connectivity index (χ4v) is 3.37. The Morgan fingerprint density at radius 2 is 1.81 bits per heavy atom. The molecule has 0 amide bonds. The molecule has 2 N–H and O–H groups in total. The topological polar surface area (TPSA) is 82.8 Å². The second-order valence-corrected chi connectivity index (χ2v) is 6.78. The molecule has 0 radical (unpaired) electrons. The maximum absolute atomic E-state index is 6.21. The summed E-state index contributed by atoms with van der Waals surface area (Å²) in [7, 11) is 0. The predicted molar refractivity (Wildman–Crippen MR) is 102 cm³/mol. The predicted octanol–water partition coefficient (Wildman–Crippen LogP) is 4.26. The van der Waals surface area contributed by atoms with Gasteiger partial charge in [0.05, 0.1) is 17.0 Å². The molecule has 2 aromatic heterocycles. The summed E-state index contributed by atoms with van der Waals surface area (Å²) in [6, 6.07) is 17.2. The van der Waals surface area contributed by atoms with Gasteiger partial charge in [0, 0.05) is 11.1 Å². The van der Waals surface area contributed by atoms with Crippen molar-refractivity contribution in [3.8, 4) is 22.7 Å². The zero-order chi connectivity index (χ0) is 17.9. The molecule has 4 aromatic rings. The van der Waals surface area contributed by atoms with Crippen LogP contribution in [0.1, 0.15) is 5.89 Å². The second kappa shape index (κ2) is 7.23. The SMILES string of the molecule is Nn1c(SCc2ncc(-c3ccccc3)o2)nnc1-c1ccccc1Cl. The highest BCUT2D eigenvalue weighted by Gasteiger charge is 2.15. The van der Waals surface area contributed by atoms with Gasteiger partial charge in [0.1, 0.15) is 0 Å². The van der Waals surface area contributed by atoms with Crippen LogP contribution in [0.4, 0.5) is 0 Å². The maximum atomic E-state index is 6.21.